The topological polar surface area (TPSA) is 8.17 Å². The van der Waals surface area contributed by atoms with Gasteiger partial charge in [-0.2, -0.15) is 0 Å². The maximum Gasteiger partial charge on any atom is 0.0547 e. The first kappa shape index (κ1) is 37.6. The second-order valence-corrected chi connectivity index (χ2v) is 18.0. The molecule has 2 heteroatoms. The lowest BCUT2D eigenvalue weighted by molar-refractivity contribution is 0.550. The zero-order chi connectivity index (χ0) is 42.9. The Kier molecular flexibility index (Phi) is 8.74. The van der Waals surface area contributed by atoms with Crippen molar-refractivity contribution in [1.29, 1.82) is 0 Å². The summed E-state index contributed by atoms with van der Waals surface area (Å²) in [5, 5.41) is 5.00. The molecule has 0 amide bonds. The molecule has 0 radical (unpaired) electrons. The van der Waals surface area contributed by atoms with E-state index in [0.29, 0.717) is 0 Å². The highest BCUT2D eigenvalue weighted by Gasteiger charge is 2.44. The van der Waals surface area contributed by atoms with E-state index in [4.69, 9.17) is 0 Å². The van der Waals surface area contributed by atoms with Gasteiger partial charge in [-0.15, -0.1) is 0 Å². The third kappa shape index (κ3) is 6.09. The van der Waals surface area contributed by atoms with Crippen LogP contribution in [0.1, 0.15) is 36.8 Å². The molecule has 308 valence electrons. The molecule has 0 unspecified atom stereocenters. The zero-order valence-electron chi connectivity index (χ0n) is 36.2. The van der Waals surface area contributed by atoms with Gasteiger partial charge in [0.05, 0.1) is 16.7 Å². The first-order valence-corrected chi connectivity index (χ1v) is 23.1. The van der Waals surface area contributed by atoms with Gasteiger partial charge in [0.25, 0.3) is 0 Å². The maximum absolute atomic E-state index is 2.51. The normalized spacial score (nSPS) is 13.7. The Morgan fingerprint density at radius 2 is 0.923 bits per heavy atom. The SMILES string of the molecule is c1ccc(-n2c3ccccc3c3ccc(-c4ccc(N(c5ccc(-c6ccc7c(c6)C6(CCCC6)c6ccccc6-7)cc5)c5ccccc5-c5ccc6ccccc6c5)cc4)cc32)cc1. The number of fused-ring (bicyclic) bond motifs is 9. The van der Waals surface area contributed by atoms with Gasteiger partial charge >= 0.3 is 0 Å². The summed E-state index contributed by atoms with van der Waals surface area (Å²) in [7, 11) is 0. The van der Waals surface area contributed by atoms with E-state index in [-0.39, 0.29) is 5.41 Å². The van der Waals surface area contributed by atoms with Crippen LogP contribution in [0.3, 0.4) is 0 Å². The predicted molar refractivity (Wildman–Crippen MR) is 274 cm³/mol. The van der Waals surface area contributed by atoms with Crippen molar-refractivity contribution in [2.45, 2.75) is 31.1 Å². The van der Waals surface area contributed by atoms with Crippen LogP contribution in [0, 0.1) is 0 Å². The fraction of sp³-hybridized carbons (Fsp3) is 0.0794. The zero-order valence-corrected chi connectivity index (χ0v) is 36.2. The van der Waals surface area contributed by atoms with Crippen molar-refractivity contribution in [2.75, 3.05) is 4.90 Å². The van der Waals surface area contributed by atoms with Crippen LogP contribution < -0.4 is 4.90 Å². The Labute approximate surface area is 380 Å². The number of para-hydroxylation sites is 3. The van der Waals surface area contributed by atoms with Crippen LogP contribution in [0.15, 0.2) is 231 Å². The summed E-state index contributed by atoms with van der Waals surface area (Å²) in [4.78, 5) is 2.43. The van der Waals surface area contributed by atoms with Gasteiger partial charge in [-0.3, -0.25) is 0 Å². The van der Waals surface area contributed by atoms with Crippen molar-refractivity contribution in [3.8, 4) is 50.2 Å². The van der Waals surface area contributed by atoms with E-state index in [1.54, 1.807) is 0 Å². The lowest BCUT2D eigenvalue weighted by Gasteiger charge is -2.28. The second kappa shape index (κ2) is 15.1. The molecule has 1 heterocycles. The highest BCUT2D eigenvalue weighted by molar-refractivity contribution is 6.10. The minimum Gasteiger partial charge on any atom is -0.310 e. The van der Waals surface area contributed by atoms with Crippen molar-refractivity contribution in [3.63, 3.8) is 0 Å². The van der Waals surface area contributed by atoms with Crippen molar-refractivity contribution < 1.29 is 0 Å². The van der Waals surface area contributed by atoms with Crippen LogP contribution >= 0.6 is 0 Å². The van der Waals surface area contributed by atoms with Crippen LogP contribution in [-0.2, 0) is 5.41 Å². The number of rotatable bonds is 7. The summed E-state index contributed by atoms with van der Waals surface area (Å²) in [6.45, 7) is 0. The van der Waals surface area contributed by atoms with Crippen LogP contribution in [0.25, 0.3) is 82.8 Å². The molecule has 0 aliphatic heterocycles. The molecule has 1 spiro atoms. The van der Waals surface area contributed by atoms with Crippen molar-refractivity contribution in [2.24, 2.45) is 0 Å². The molecular weight excluding hydrogens is 785 g/mol. The van der Waals surface area contributed by atoms with Crippen LogP contribution in [0.5, 0.6) is 0 Å². The minimum absolute atomic E-state index is 0.142. The fourth-order valence-corrected chi connectivity index (χ4v) is 11.5. The summed E-state index contributed by atoms with van der Waals surface area (Å²) in [5.41, 5.74) is 20.2. The highest BCUT2D eigenvalue weighted by atomic mass is 15.1. The summed E-state index contributed by atoms with van der Waals surface area (Å²) < 4.78 is 2.40. The molecule has 1 saturated carbocycles. The molecule has 13 rings (SSSR count). The first-order valence-electron chi connectivity index (χ1n) is 23.1. The maximum atomic E-state index is 2.51. The van der Waals surface area contributed by atoms with Gasteiger partial charge in [-0.25, -0.2) is 0 Å². The molecule has 10 aromatic carbocycles. The molecule has 0 N–H and O–H groups in total. The van der Waals surface area contributed by atoms with E-state index >= 15 is 0 Å². The standard InChI is InChI=1S/C63H46N2/c1-2-16-50(17-3-1)65-61-23-11-8-20-56(61)57-37-31-48(42-62(57)65)45-28-34-52(35-29-45)64(60-22-10-7-18-53(60)49-25-24-43-14-4-5-15-46(43)40-49)51-32-26-44(27-33-51)47-30-36-55-54-19-6-9-21-58(54)63(59(55)41-47)38-12-13-39-63/h1-11,14-37,40-42H,12-13,38-39H2. The average Bonchev–Trinajstić information content (AvgIpc) is 4.08. The van der Waals surface area contributed by atoms with E-state index in [0.717, 1.165) is 22.7 Å². The Balaban J connectivity index is 0.914. The first-order chi connectivity index (χ1) is 32.2. The number of benzene rings is 10. The Bertz CT molecular complexity index is 3590. The summed E-state index contributed by atoms with van der Waals surface area (Å²) >= 11 is 0. The molecule has 11 aromatic rings. The molecule has 65 heavy (non-hydrogen) atoms. The van der Waals surface area contributed by atoms with Gasteiger partial charge in [-0.1, -0.05) is 177 Å². The second-order valence-electron chi connectivity index (χ2n) is 18.0. The predicted octanol–water partition coefficient (Wildman–Crippen LogP) is 17.2. The Hall–Kier alpha value is -7.94. The number of nitrogens with zero attached hydrogens (tertiary/aromatic N) is 2. The molecule has 0 atom stereocenters. The molecule has 0 saturated heterocycles. The monoisotopic (exact) mass is 830 g/mol. The smallest absolute Gasteiger partial charge is 0.0547 e. The van der Waals surface area contributed by atoms with E-state index in [1.165, 1.54) is 114 Å². The van der Waals surface area contributed by atoms with Gasteiger partial charge in [0.1, 0.15) is 0 Å². The molecule has 2 nitrogen and oxygen atoms in total. The van der Waals surface area contributed by atoms with E-state index < -0.39 is 0 Å². The third-order valence-electron chi connectivity index (χ3n) is 14.5. The average molecular weight is 831 g/mol. The van der Waals surface area contributed by atoms with E-state index in [9.17, 15) is 0 Å². The largest absolute Gasteiger partial charge is 0.310 e. The summed E-state index contributed by atoms with van der Waals surface area (Å²) in [6.07, 6.45) is 5.05. The highest BCUT2D eigenvalue weighted by Crippen LogP contribution is 2.57. The Morgan fingerprint density at radius 3 is 1.71 bits per heavy atom. The molecule has 2 aliphatic rings. The van der Waals surface area contributed by atoms with Gasteiger partial charge < -0.3 is 9.47 Å². The van der Waals surface area contributed by atoms with Crippen molar-refractivity contribution in [3.05, 3.63) is 242 Å². The lowest BCUT2D eigenvalue weighted by atomic mass is 9.76. The Morgan fingerprint density at radius 1 is 0.354 bits per heavy atom. The van der Waals surface area contributed by atoms with Gasteiger partial charge in [-0.05, 0) is 140 Å². The third-order valence-corrected chi connectivity index (χ3v) is 14.5. The van der Waals surface area contributed by atoms with Crippen molar-refractivity contribution >= 4 is 49.6 Å². The van der Waals surface area contributed by atoms with E-state index in [1.807, 2.05) is 0 Å². The van der Waals surface area contributed by atoms with Crippen molar-refractivity contribution in [1.82, 2.24) is 4.57 Å². The molecule has 0 bridgehead atoms. The molecule has 1 aromatic heterocycles. The quantitative estimate of drug-likeness (QED) is 0.155. The van der Waals surface area contributed by atoms with Crippen LogP contribution in [-0.4, -0.2) is 4.57 Å². The number of anilines is 3. The number of hydrogen-bond donors (Lipinski definition) is 0. The van der Waals surface area contributed by atoms with Gasteiger partial charge in [0, 0.05) is 38.8 Å². The number of aromatic nitrogens is 1. The van der Waals surface area contributed by atoms with Gasteiger partial charge in [0.15, 0.2) is 0 Å². The van der Waals surface area contributed by atoms with Crippen LogP contribution in [0.4, 0.5) is 17.1 Å². The van der Waals surface area contributed by atoms with Crippen LogP contribution in [0.2, 0.25) is 0 Å². The van der Waals surface area contributed by atoms with Gasteiger partial charge in [0.2, 0.25) is 0 Å². The fourth-order valence-electron chi connectivity index (χ4n) is 11.5. The molecule has 2 aliphatic carbocycles. The molecule has 1 fully saturated rings. The summed E-state index contributed by atoms with van der Waals surface area (Å²) in [5.74, 6) is 0. The number of hydrogen-bond acceptors (Lipinski definition) is 1. The molecular formula is C63H46N2. The van der Waals surface area contributed by atoms with E-state index in [2.05, 4.69) is 240 Å². The summed E-state index contributed by atoms with van der Waals surface area (Å²) in [6, 6.07) is 85.5. The lowest BCUT2D eigenvalue weighted by Crippen LogP contribution is -2.20. The minimum atomic E-state index is 0.142.